The van der Waals surface area contributed by atoms with Gasteiger partial charge in [-0.1, -0.05) is 30.3 Å². The van der Waals surface area contributed by atoms with E-state index >= 15 is 0 Å². The molecule has 3 N–H and O–H groups in total. The fourth-order valence-electron chi connectivity index (χ4n) is 2.55. The van der Waals surface area contributed by atoms with E-state index in [4.69, 9.17) is 9.94 Å². The number of hydrogen-bond acceptors (Lipinski definition) is 4. The lowest BCUT2D eigenvalue weighted by molar-refractivity contribution is -0.124. The predicted molar refractivity (Wildman–Crippen MR) is 92.7 cm³/mol. The number of ether oxygens (including phenoxy) is 1. The van der Waals surface area contributed by atoms with Crippen molar-refractivity contribution in [3.05, 3.63) is 71.3 Å². The molecule has 0 unspecified atom stereocenters. The number of amides is 1. The second-order valence-corrected chi connectivity index (χ2v) is 5.77. The summed E-state index contributed by atoms with van der Waals surface area (Å²) in [6.45, 7) is 2.30. The predicted octanol–water partition coefficient (Wildman–Crippen LogP) is 2.93. The molecule has 1 fully saturated rings. The van der Waals surface area contributed by atoms with Gasteiger partial charge in [0.05, 0.1) is 13.2 Å². The summed E-state index contributed by atoms with van der Waals surface area (Å²) < 4.78 is 5.25. The Labute approximate surface area is 140 Å². The highest BCUT2D eigenvalue weighted by Gasteiger charge is 2.20. The quantitative estimate of drug-likeness (QED) is 0.434. The second kappa shape index (κ2) is 7.77. The third-order valence-corrected chi connectivity index (χ3v) is 3.98. The third kappa shape index (κ3) is 4.22. The van der Waals surface area contributed by atoms with Crippen LogP contribution < -0.4 is 10.8 Å². The maximum atomic E-state index is 11.0. The minimum atomic E-state index is -0.546. The smallest absolute Gasteiger partial charge is 0.267 e. The van der Waals surface area contributed by atoms with Crippen molar-refractivity contribution in [2.24, 2.45) is 0 Å². The van der Waals surface area contributed by atoms with Gasteiger partial charge in [-0.2, -0.15) is 0 Å². The van der Waals surface area contributed by atoms with Gasteiger partial charge in [0.25, 0.3) is 5.91 Å². The molecule has 0 aliphatic carbocycles. The number of rotatable bonds is 6. The molecule has 0 bridgehead atoms. The van der Waals surface area contributed by atoms with E-state index in [-0.39, 0.29) is 0 Å². The molecule has 5 heteroatoms. The van der Waals surface area contributed by atoms with Gasteiger partial charge in [-0.25, -0.2) is 5.48 Å². The number of benzene rings is 2. The van der Waals surface area contributed by atoms with Crippen molar-refractivity contribution in [3.8, 4) is 0 Å². The van der Waals surface area contributed by atoms with E-state index < -0.39 is 5.91 Å². The molecule has 1 aliphatic rings. The first-order valence-corrected chi connectivity index (χ1v) is 7.87. The number of nitrogens with one attached hydrogen (secondary N) is 2. The summed E-state index contributed by atoms with van der Waals surface area (Å²) in [6, 6.07) is 16.3. The van der Waals surface area contributed by atoms with Crippen LogP contribution in [0.25, 0.3) is 6.08 Å². The van der Waals surface area contributed by atoms with E-state index in [0.717, 1.165) is 30.0 Å². The van der Waals surface area contributed by atoms with Gasteiger partial charge in [-0.05, 0) is 41.0 Å². The summed E-state index contributed by atoms with van der Waals surface area (Å²) in [5, 5.41) is 11.9. The molecule has 3 rings (SSSR count). The minimum absolute atomic E-state index is 0.512. The van der Waals surface area contributed by atoms with E-state index in [1.165, 1.54) is 11.6 Å². The Morgan fingerprint density at radius 2 is 2.04 bits per heavy atom. The summed E-state index contributed by atoms with van der Waals surface area (Å²) in [7, 11) is 0. The highest BCUT2D eigenvalue weighted by atomic mass is 16.5. The normalized spacial score (nSPS) is 14.4. The van der Waals surface area contributed by atoms with Gasteiger partial charge < -0.3 is 10.1 Å². The van der Waals surface area contributed by atoms with Crippen LogP contribution in [0.4, 0.5) is 5.69 Å². The first kappa shape index (κ1) is 16.2. The molecule has 2 aromatic carbocycles. The zero-order valence-electron chi connectivity index (χ0n) is 13.2. The maximum Gasteiger partial charge on any atom is 0.267 e. The average Bonchev–Trinajstić information content (AvgIpc) is 2.57. The van der Waals surface area contributed by atoms with Gasteiger partial charge in [0, 0.05) is 24.2 Å². The fraction of sp³-hybridized carbons (Fsp3) is 0.211. The SMILES string of the molecule is O=C(/C=C/c1cccc(CNc2cccc(C3COC3)c2)c1)NO. The molecular formula is C19H20N2O3. The van der Waals surface area contributed by atoms with Gasteiger partial charge in [-0.3, -0.25) is 10.0 Å². The molecule has 0 saturated carbocycles. The van der Waals surface area contributed by atoms with E-state index in [9.17, 15) is 4.79 Å². The maximum absolute atomic E-state index is 11.0. The molecule has 24 heavy (non-hydrogen) atoms. The fourth-order valence-corrected chi connectivity index (χ4v) is 2.55. The standard InChI is InChI=1S/C19H20N2O3/c22-19(21-23)8-7-14-3-1-4-15(9-14)11-20-18-6-2-5-16(10-18)17-12-24-13-17/h1-10,17,20,23H,11-13H2,(H,21,22)/b8-7+. The largest absolute Gasteiger partial charge is 0.381 e. The Kier molecular flexibility index (Phi) is 5.25. The molecule has 5 nitrogen and oxygen atoms in total. The zero-order valence-corrected chi connectivity index (χ0v) is 13.2. The van der Waals surface area contributed by atoms with Crippen molar-refractivity contribution in [2.75, 3.05) is 18.5 Å². The highest BCUT2D eigenvalue weighted by Crippen LogP contribution is 2.26. The first-order chi connectivity index (χ1) is 11.7. The van der Waals surface area contributed by atoms with Gasteiger partial charge in [0.2, 0.25) is 0 Å². The number of carbonyl (C=O) groups excluding carboxylic acids is 1. The van der Waals surface area contributed by atoms with Gasteiger partial charge in [0.1, 0.15) is 0 Å². The molecule has 124 valence electrons. The van der Waals surface area contributed by atoms with Crippen LogP contribution in [0.1, 0.15) is 22.6 Å². The van der Waals surface area contributed by atoms with Crippen LogP contribution in [0, 0.1) is 0 Å². The third-order valence-electron chi connectivity index (χ3n) is 3.98. The Morgan fingerprint density at radius 3 is 2.79 bits per heavy atom. The number of carbonyl (C=O) groups is 1. The molecule has 1 saturated heterocycles. The highest BCUT2D eigenvalue weighted by molar-refractivity contribution is 5.90. The summed E-state index contributed by atoms with van der Waals surface area (Å²) in [6.07, 6.45) is 2.95. The van der Waals surface area contributed by atoms with Crippen LogP contribution in [0.5, 0.6) is 0 Å². The Hall–Kier alpha value is -2.63. The lowest BCUT2D eigenvalue weighted by Crippen LogP contribution is -2.25. The van der Waals surface area contributed by atoms with Crippen LogP contribution in [-0.2, 0) is 16.1 Å². The Balaban J connectivity index is 1.62. The van der Waals surface area contributed by atoms with Crippen molar-refractivity contribution >= 4 is 17.7 Å². The monoisotopic (exact) mass is 324 g/mol. The van der Waals surface area contributed by atoms with Crippen LogP contribution in [0.3, 0.4) is 0 Å². The second-order valence-electron chi connectivity index (χ2n) is 5.77. The Bertz CT molecular complexity index is 739. The van der Waals surface area contributed by atoms with E-state index in [2.05, 4.69) is 29.6 Å². The lowest BCUT2D eigenvalue weighted by Gasteiger charge is -2.26. The zero-order chi connectivity index (χ0) is 16.8. The van der Waals surface area contributed by atoms with E-state index in [1.54, 1.807) is 11.6 Å². The van der Waals surface area contributed by atoms with Crippen LogP contribution >= 0.6 is 0 Å². The first-order valence-electron chi connectivity index (χ1n) is 7.87. The van der Waals surface area contributed by atoms with Crippen molar-refractivity contribution in [2.45, 2.75) is 12.5 Å². The molecule has 1 heterocycles. The molecule has 1 aliphatic heterocycles. The molecule has 0 aromatic heterocycles. The number of hydroxylamine groups is 1. The number of anilines is 1. The molecule has 0 atom stereocenters. The molecule has 0 radical (unpaired) electrons. The van der Waals surface area contributed by atoms with Crippen molar-refractivity contribution in [3.63, 3.8) is 0 Å². The summed E-state index contributed by atoms with van der Waals surface area (Å²) in [5.41, 5.74) is 5.97. The van der Waals surface area contributed by atoms with E-state index in [1.807, 2.05) is 24.3 Å². The van der Waals surface area contributed by atoms with Crippen molar-refractivity contribution < 1.29 is 14.7 Å². The minimum Gasteiger partial charge on any atom is -0.381 e. The van der Waals surface area contributed by atoms with Gasteiger partial charge in [-0.15, -0.1) is 0 Å². The summed E-state index contributed by atoms with van der Waals surface area (Å²) in [5.74, 6) is -0.0341. The summed E-state index contributed by atoms with van der Waals surface area (Å²) in [4.78, 5) is 11.0. The topological polar surface area (TPSA) is 70.6 Å². The van der Waals surface area contributed by atoms with Gasteiger partial charge >= 0.3 is 0 Å². The van der Waals surface area contributed by atoms with Crippen molar-refractivity contribution in [1.82, 2.24) is 5.48 Å². The van der Waals surface area contributed by atoms with Crippen molar-refractivity contribution in [1.29, 1.82) is 0 Å². The van der Waals surface area contributed by atoms with Crippen LogP contribution in [-0.4, -0.2) is 24.3 Å². The van der Waals surface area contributed by atoms with Crippen LogP contribution in [0.2, 0.25) is 0 Å². The van der Waals surface area contributed by atoms with Gasteiger partial charge in [0.15, 0.2) is 0 Å². The molecule has 2 aromatic rings. The average molecular weight is 324 g/mol. The van der Waals surface area contributed by atoms with E-state index in [0.29, 0.717) is 12.5 Å². The Morgan fingerprint density at radius 1 is 1.21 bits per heavy atom. The molecule has 0 spiro atoms. The molecular weight excluding hydrogens is 304 g/mol. The van der Waals surface area contributed by atoms with Crippen LogP contribution in [0.15, 0.2) is 54.6 Å². The lowest BCUT2D eigenvalue weighted by atomic mass is 9.97. The molecule has 1 amide bonds. The summed E-state index contributed by atoms with van der Waals surface area (Å²) >= 11 is 0. The number of hydrogen-bond donors (Lipinski definition) is 3.